The lowest BCUT2D eigenvalue weighted by Crippen LogP contribution is -2.53. The molecule has 9 heteroatoms. The third-order valence-corrected chi connectivity index (χ3v) is 9.87. The smallest absolute Gasteiger partial charge is 0.243 e. The van der Waals surface area contributed by atoms with E-state index in [1.165, 1.54) is 17.0 Å². The highest BCUT2D eigenvalue weighted by atomic mass is 35.5. The zero-order chi connectivity index (χ0) is 31.5. The number of nitrogens with one attached hydrogen (secondary N) is 1. The lowest BCUT2D eigenvalue weighted by molar-refractivity contribution is -0.141. The number of carbonyl (C=O) groups is 2. The Kier molecular flexibility index (Phi) is 12.3. The van der Waals surface area contributed by atoms with Gasteiger partial charge in [0.05, 0.1) is 11.9 Å². The summed E-state index contributed by atoms with van der Waals surface area (Å²) in [6, 6.07) is 23.8. The summed E-state index contributed by atoms with van der Waals surface area (Å²) >= 11 is 6.55. The predicted molar refractivity (Wildman–Crippen MR) is 178 cm³/mol. The maximum atomic E-state index is 14.1. The van der Waals surface area contributed by atoms with Crippen LogP contribution in [0.3, 0.4) is 0 Å². The van der Waals surface area contributed by atoms with Gasteiger partial charge >= 0.3 is 0 Å². The van der Waals surface area contributed by atoms with Crippen molar-refractivity contribution in [3.05, 3.63) is 101 Å². The largest absolute Gasteiger partial charge is 0.352 e. The summed E-state index contributed by atoms with van der Waals surface area (Å²) in [5, 5.41) is 3.77. The van der Waals surface area contributed by atoms with Crippen molar-refractivity contribution >= 4 is 39.1 Å². The lowest BCUT2D eigenvalue weighted by atomic mass is 9.94. The Bertz CT molecular complexity index is 1480. The summed E-state index contributed by atoms with van der Waals surface area (Å²) in [6.07, 6.45) is 7.95. The third kappa shape index (κ3) is 9.57. The number of halogens is 1. The minimum absolute atomic E-state index is 0.0749. The molecule has 1 fully saturated rings. The van der Waals surface area contributed by atoms with E-state index < -0.39 is 16.1 Å². The third-order valence-electron chi connectivity index (χ3n) is 8.31. The minimum atomic E-state index is -3.57. The molecule has 0 bridgehead atoms. The van der Waals surface area contributed by atoms with E-state index in [2.05, 4.69) is 5.32 Å². The number of carbonyl (C=O) groups excluding carboxylic acids is 2. The molecule has 0 aromatic heterocycles. The number of nitrogens with zero attached hydrogens (tertiary/aromatic N) is 2. The highest BCUT2D eigenvalue weighted by Gasteiger charge is 2.32. The molecule has 0 unspecified atom stereocenters. The zero-order valence-corrected chi connectivity index (χ0v) is 27.3. The minimum Gasteiger partial charge on any atom is -0.352 e. The molecule has 1 aliphatic carbocycles. The van der Waals surface area contributed by atoms with Gasteiger partial charge in [-0.25, -0.2) is 8.42 Å². The molecule has 1 atom stereocenters. The second kappa shape index (κ2) is 16.1. The summed E-state index contributed by atoms with van der Waals surface area (Å²) in [6.45, 7) is 2.36. The molecule has 44 heavy (non-hydrogen) atoms. The first-order chi connectivity index (χ1) is 21.2. The summed E-state index contributed by atoms with van der Waals surface area (Å²) < 4.78 is 26.8. The van der Waals surface area contributed by atoms with Crippen molar-refractivity contribution in [2.24, 2.45) is 0 Å². The molecule has 4 rings (SSSR count). The Balaban J connectivity index is 1.58. The Morgan fingerprint density at radius 1 is 0.909 bits per heavy atom. The van der Waals surface area contributed by atoms with Crippen LogP contribution in [0.4, 0.5) is 5.69 Å². The molecule has 3 aromatic rings. The lowest BCUT2D eigenvalue weighted by Gasteiger charge is -2.34. The van der Waals surface area contributed by atoms with Gasteiger partial charge in [-0.1, -0.05) is 98.5 Å². The zero-order valence-electron chi connectivity index (χ0n) is 25.8. The van der Waals surface area contributed by atoms with Gasteiger partial charge < -0.3 is 10.2 Å². The number of hydrogen-bond acceptors (Lipinski definition) is 4. The molecule has 0 radical (unpaired) electrons. The molecular formula is C35H44ClN3O4S. The summed E-state index contributed by atoms with van der Waals surface area (Å²) in [4.78, 5) is 29.7. The average Bonchev–Trinajstić information content (AvgIpc) is 3.02. The van der Waals surface area contributed by atoms with Gasteiger partial charge in [0.2, 0.25) is 21.8 Å². The van der Waals surface area contributed by atoms with Gasteiger partial charge in [0.1, 0.15) is 6.04 Å². The van der Waals surface area contributed by atoms with Crippen molar-refractivity contribution in [1.29, 1.82) is 0 Å². The second-order valence-corrected chi connectivity index (χ2v) is 13.9. The van der Waals surface area contributed by atoms with Gasteiger partial charge in [-0.15, -0.1) is 0 Å². The first-order valence-electron chi connectivity index (χ1n) is 15.6. The molecule has 7 nitrogen and oxygen atoms in total. The van der Waals surface area contributed by atoms with Crippen LogP contribution in [0.5, 0.6) is 0 Å². The van der Waals surface area contributed by atoms with Crippen LogP contribution in [0, 0.1) is 0 Å². The quantitative estimate of drug-likeness (QED) is 0.218. The maximum Gasteiger partial charge on any atom is 0.243 e. The molecule has 2 amide bonds. The van der Waals surface area contributed by atoms with Crippen LogP contribution in [0.25, 0.3) is 0 Å². The van der Waals surface area contributed by atoms with Crippen molar-refractivity contribution in [3.63, 3.8) is 0 Å². The first-order valence-corrected chi connectivity index (χ1v) is 17.8. The van der Waals surface area contributed by atoms with Gasteiger partial charge in [-0.2, -0.15) is 0 Å². The van der Waals surface area contributed by atoms with Crippen molar-refractivity contribution in [2.45, 2.75) is 83.3 Å². The average molecular weight is 638 g/mol. The van der Waals surface area contributed by atoms with Gasteiger partial charge in [0.15, 0.2) is 0 Å². The molecule has 0 heterocycles. The maximum absolute atomic E-state index is 14.1. The van der Waals surface area contributed by atoms with E-state index in [4.69, 9.17) is 11.6 Å². The van der Waals surface area contributed by atoms with E-state index in [1.807, 2.05) is 67.6 Å². The highest BCUT2D eigenvalue weighted by Crippen LogP contribution is 2.24. The molecule has 236 valence electrons. The summed E-state index contributed by atoms with van der Waals surface area (Å²) in [7, 11) is -3.57. The molecule has 0 spiro atoms. The van der Waals surface area contributed by atoms with Crippen LogP contribution < -0.4 is 9.62 Å². The fraction of sp³-hybridized carbons (Fsp3) is 0.429. The molecule has 0 aliphatic heterocycles. The van der Waals surface area contributed by atoms with Gasteiger partial charge in [-0.3, -0.25) is 13.9 Å². The Hall–Kier alpha value is -3.36. The fourth-order valence-electron chi connectivity index (χ4n) is 5.81. The van der Waals surface area contributed by atoms with Crippen LogP contribution in [-0.4, -0.2) is 50.0 Å². The summed E-state index contributed by atoms with van der Waals surface area (Å²) in [5.41, 5.74) is 3.38. The van der Waals surface area contributed by atoms with Crippen LogP contribution in [0.1, 0.15) is 68.6 Å². The van der Waals surface area contributed by atoms with Gasteiger partial charge in [0.25, 0.3) is 0 Å². The Morgan fingerprint density at radius 2 is 1.57 bits per heavy atom. The molecule has 1 N–H and O–H groups in total. The topological polar surface area (TPSA) is 86.8 Å². The number of hydrogen-bond donors (Lipinski definition) is 1. The number of benzene rings is 3. The van der Waals surface area contributed by atoms with Crippen molar-refractivity contribution < 1.29 is 18.0 Å². The molecular weight excluding hydrogens is 594 g/mol. The monoisotopic (exact) mass is 637 g/mol. The Labute approximate surface area is 267 Å². The van der Waals surface area contributed by atoms with E-state index in [0.29, 0.717) is 23.6 Å². The van der Waals surface area contributed by atoms with E-state index in [0.717, 1.165) is 48.8 Å². The molecule has 0 saturated heterocycles. The van der Waals surface area contributed by atoms with Crippen molar-refractivity contribution in [3.8, 4) is 0 Å². The number of amides is 2. The van der Waals surface area contributed by atoms with Crippen LogP contribution in [-0.2, 0) is 39.0 Å². The number of sulfonamides is 1. The van der Waals surface area contributed by atoms with Crippen molar-refractivity contribution in [2.75, 3.05) is 17.1 Å². The normalized spacial score (nSPS) is 14.5. The second-order valence-electron chi connectivity index (χ2n) is 11.6. The van der Waals surface area contributed by atoms with E-state index in [-0.39, 0.29) is 37.4 Å². The van der Waals surface area contributed by atoms with Crippen molar-refractivity contribution in [1.82, 2.24) is 10.2 Å². The van der Waals surface area contributed by atoms with E-state index in [9.17, 15) is 18.0 Å². The Morgan fingerprint density at radius 3 is 2.20 bits per heavy atom. The number of aryl methyl sites for hydroxylation is 1. The summed E-state index contributed by atoms with van der Waals surface area (Å²) in [5.74, 6) is -0.394. The van der Waals surface area contributed by atoms with Gasteiger partial charge in [-0.05, 0) is 60.6 Å². The fourth-order valence-corrected chi connectivity index (χ4v) is 6.97. The van der Waals surface area contributed by atoms with E-state index in [1.54, 1.807) is 23.1 Å². The van der Waals surface area contributed by atoms with Crippen LogP contribution >= 0.6 is 11.6 Å². The highest BCUT2D eigenvalue weighted by molar-refractivity contribution is 7.92. The number of rotatable bonds is 14. The predicted octanol–water partition coefficient (Wildman–Crippen LogP) is 6.54. The standard InChI is InChI=1S/C35H44ClN3O4S/c1-3-27-20-22-31(23-21-27)39(44(2,42)43)24-12-19-34(40)38(26-29-15-10-11-18-32(29)36)33(25-28-13-6-4-7-14-28)35(41)37-30-16-8-5-9-17-30/h4,6-7,10-11,13-15,18,20-23,30,33H,3,5,8-9,12,16-17,19,24-26H2,1-2H3,(H,37,41)/t33-/m0/s1. The van der Waals surface area contributed by atoms with Gasteiger partial charge in [0, 0.05) is 37.0 Å². The SMILES string of the molecule is CCc1ccc(N(CCCC(=O)N(Cc2ccccc2Cl)[C@@H](Cc2ccccc2)C(=O)NC2CCCCC2)S(C)(=O)=O)cc1. The van der Waals surface area contributed by atoms with E-state index >= 15 is 0 Å². The van der Waals surface area contributed by atoms with Crippen LogP contribution in [0.2, 0.25) is 5.02 Å². The molecule has 1 aliphatic rings. The number of anilines is 1. The van der Waals surface area contributed by atoms with Crippen LogP contribution in [0.15, 0.2) is 78.9 Å². The first kappa shape index (κ1) is 33.5. The molecule has 1 saturated carbocycles. The molecule has 3 aromatic carbocycles.